The molecule has 0 heterocycles. The van der Waals surface area contributed by atoms with Crippen LogP contribution < -0.4 is 14.2 Å². The van der Waals surface area contributed by atoms with Crippen LogP contribution in [0.15, 0.2) is 12.1 Å². The second-order valence-corrected chi connectivity index (χ2v) is 3.79. The Morgan fingerprint density at radius 1 is 1.35 bits per heavy atom. The van der Waals surface area contributed by atoms with E-state index in [1.165, 1.54) is 14.2 Å². The third-order valence-corrected chi connectivity index (χ3v) is 2.88. The first-order valence-electron chi connectivity index (χ1n) is 4.91. The van der Waals surface area contributed by atoms with Gasteiger partial charge in [0, 0.05) is 17.7 Å². The lowest BCUT2D eigenvalue weighted by Gasteiger charge is -2.16. The zero-order valence-electron chi connectivity index (χ0n) is 9.85. The Morgan fingerprint density at radius 2 is 2.00 bits per heavy atom. The SMILES string of the molecule is COc1cc(OC)c([C@H](C)N[SH]=O)cc1C#N. The van der Waals surface area contributed by atoms with E-state index < -0.39 is 0 Å². The lowest BCUT2D eigenvalue weighted by molar-refractivity contribution is 0.388. The normalized spacial score (nSPS) is 11.6. The molecule has 6 heteroatoms. The highest BCUT2D eigenvalue weighted by Gasteiger charge is 2.15. The minimum atomic E-state index is -0.192. The molecule has 0 unspecified atom stereocenters. The summed E-state index contributed by atoms with van der Waals surface area (Å²) in [5.41, 5.74) is 1.17. The molecule has 0 saturated carbocycles. The van der Waals surface area contributed by atoms with Gasteiger partial charge in [-0.3, -0.25) is 0 Å². The van der Waals surface area contributed by atoms with E-state index in [2.05, 4.69) is 4.72 Å². The number of hydrogen-bond donors (Lipinski definition) is 2. The van der Waals surface area contributed by atoms with Crippen molar-refractivity contribution >= 4 is 11.9 Å². The van der Waals surface area contributed by atoms with Crippen molar-refractivity contribution < 1.29 is 13.7 Å². The molecule has 0 amide bonds. The second kappa shape index (κ2) is 6.23. The molecule has 0 radical (unpaired) electrons. The number of rotatable bonds is 5. The van der Waals surface area contributed by atoms with Gasteiger partial charge in [0.2, 0.25) is 0 Å². The Bertz CT molecular complexity index is 457. The molecule has 17 heavy (non-hydrogen) atoms. The summed E-state index contributed by atoms with van der Waals surface area (Å²) in [6.07, 6.45) is 0. The summed E-state index contributed by atoms with van der Waals surface area (Å²) in [6.45, 7) is 1.83. The number of ether oxygens (including phenoxy) is 2. The molecule has 1 atom stereocenters. The number of nitriles is 1. The van der Waals surface area contributed by atoms with Gasteiger partial charge in [0.15, 0.2) is 0 Å². The van der Waals surface area contributed by atoms with Crippen LogP contribution in [-0.2, 0) is 11.9 Å². The molecule has 1 aromatic carbocycles. The summed E-state index contributed by atoms with van der Waals surface area (Å²) in [7, 11) is 3.03. The van der Waals surface area contributed by atoms with Crippen molar-refractivity contribution in [1.82, 2.24) is 4.72 Å². The fraction of sp³-hybridized carbons (Fsp3) is 0.364. The predicted octanol–water partition coefficient (Wildman–Crippen LogP) is 1.09. The number of benzene rings is 1. The van der Waals surface area contributed by atoms with Gasteiger partial charge < -0.3 is 9.47 Å². The minimum Gasteiger partial charge on any atom is -0.496 e. The number of methoxy groups -OCH3 is 2. The van der Waals surface area contributed by atoms with Gasteiger partial charge in [-0.1, -0.05) is 0 Å². The van der Waals surface area contributed by atoms with E-state index >= 15 is 0 Å². The molecule has 1 N–H and O–H groups in total. The van der Waals surface area contributed by atoms with E-state index in [1.54, 1.807) is 12.1 Å². The van der Waals surface area contributed by atoms with Crippen LogP contribution in [0.4, 0.5) is 0 Å². The maximum Gasteiger partial charge on any atom is 0.140 e. The van der Waals surface area contributed by atoms with Gasteiger partial charge in [-0.15, -0.1) is 0 Å². The van der Waals surface area contributed by atoms with Gasteiger partial charge in [0.05, 0.1) is 31.6 Å². The number of nitrogens with zero attached hydrogens (tertiary/aromatic N) is 1. The zero-order valence-corrected chi connectivity index (χ0v) is 10.7. The second-order valence-electron chi connectivity index (χ2n) is 3.35. The molecule has 0 saturated heterocycles. The Morgan fingerprint density at radius 3 is 2.47 bits per heavy atom. The number of nitrogens with one attached hydrogen (secondary N) is 1. The molecule has 0 spiro atoms. The highest BCUT2D eigenvalue weighted by atomic mass is 32.2. The molecular weight excluding hydrogens is 240 g/mol. The molecule has 1 aromatic rings. The van der Waals surface area contributed by atoms with Crippen molar-refractivity contribution in [2.45, 2.75) is 13.0 Å². The number of hydrogen-bond acceptors (Lipinski definition) is 4. The van der Waals surface area contributed by atoms with E-state index in [-0.39, 0.29) is 17.9 Å². The van der Waals surface area contributed by atoms with Crippen molar-refractivity contribution in [2.24, 2.45) is 0 Å². The fourth-order valence-corrected chi connectivity index (χ4v) is 1.80. The maximum absolute atomic E-state index is 10.5. The van der Waals surface area contributed by atoms with Crippen molar-refractivity contribution in [3.05, 3.63) is 23.3 Å². The summed E-state index contributed by atoms with van der Waals surface area (Å²) in [4.78, 5) is 0. The van der Waals surface area contributed by atoms with Gasteiger partial charge in [-0.05, 0) is 13.0 Å². The lowest BCUT2D eigenvalue weighted by Crippen LogP contribution is -2.14. The molecule has 0 aliphatic carbocycles. The molecule has 0 fully saturated rings. The molecule has 5 nitrogen and oxygen atoms in total. The Balaban J connectivity index is 3.29. The van der Waals surface area contributed by atoms with Crippen LogP contribution in [0.1, 0.15) is 24.1 Å². The van der Waals surface area contributed by atoms with Crippen LogP contribution in [0.25, 0.3) is 0 Å². The van der Waals surface area contributed by atoms with Crippen molar-refractivity contribution in [3.63, 3.8) is 0 Å². The Labute approximate surface area is 104 Å². The Kier molecular flexibility index (Phi) is 4.94. The first-order chi connectivity index (χ1) is 8.17. The lowest BCUT2D eigenvalue weighted by atomic mass is 10.0. The van der Waals surface area contributed by atoms with E-state index in [9.17, 15) is 4.21 Å². The van der Waals surface area contributed by atoms with E-state index in [1.807, 2.05) is 13.0 Å². The van der Waals surface area contributed by atoms with Gasteiger partial charge in [0.1, 0.15) is 17.6 Å². The van der Waals surface area contributed by atoms with Crippen LogP contribution in [-0.4, -0.2) is 18.4 Å². The molecule has 0 aromatic heterocycles. The quantitative estimate of drug-likeness (QED) is 0.771. The largest absolute Gasteiger partial charge is 0.496 e. The van der Waals surface area contributed by atoms with E-state index in [0.717, 1.165) is 5.56 Å². The third-order valence-electron chi connectivity index (χ3n) is 2.39. The monoisotopic (exact) mass is 254 g/mol. The third kappa shape index (κ3) is 2.96. The van der Waals surface area contributed by atoms with Crippen LogP contribution in [0.2, 0.25) is 0 Å². The van der Waals surface area contributed by atoms with Crippen LogP contribution in [0.3, 0.4) is 0 Å². The van der Waals surface area contributed by atoms with E-state index in [4.69, 9.17) is 14.7 Å². The standard InChI is InChI=1S/C11H14N2O3S/c1-7(13-17-14)9-4-8(6-12)10(15-2)5-11(9)16-3/h4-5,7,17H,1-3H3,(H,13,14)/t7-/m0/s1. The van der Waals surface area contributed by atoms with Crippen LogP contribution in [0, 0.1) is 11.3 Å². The Hall–Kier alpha value is -1.58. The topological polar surface area (TPSA) is 71.3 Å². The smallest absolute Gasteiger partial charge is 0.140 e. The van der Waals surface area contributed by atoms with Crippen molar-refractivity contribution in [3.8, 4) is 17.6 Å². The van der Waals surface area contributed by atoms with Crippen LogP contribution in [0.5, 0.6) is 11.5 Å². The predicted molar refractivity (Wildman–Crippen MR) is 65.3 cm³/mol. The fourth-order valence-electron chi connectivity index (χ4n) is 1.50. The summed E-state index contributed by atoms with van der Waals surface area (Å²) in [5.74, 6) is 1.05. The van der Waals surface area contributed by atoms with E-state index in [0.29, 0.717) is 17.1 Å². The number of thiol groups is 1. The summed E-state index contributed by atoms with van der Waals surface area (Å²) in [5, 5.41) is 8.99. The average molecular weight is 254 g/mol. The van der Waals surface area contributed by atoms with Gasteiger partial charge in [-0.2, -0.15) is 5.26 Å². The first-order valence-corrected chi connectivity index (χ1v) is 5.73. The molecular formula is C11H14N2O3S. The average Bonchev–Trinajstić information content (AvgIpc) is 2.37. The highest BCUT2D eigenvalue weighted by Crippen LogP contribution is 2.32. The van der Waals surface area contributed by atoms with Crippen molar-refractivity contribution in [1.29, 1.82) is 5.26 Å². The molecule has 0 aliphatic heterocycles. The molecule has 0 bridgehead atoms. The molecule has 92 valence electrons. The highest BCUT2D eigenvalue weighted by molar-refractivity contribution is 7.63. The summed E-state index contributed by atoms with van der Waals surface area (Å²) < 4.78 is 23.5. The van der Waals surface area contributed by atoms with Gasteiger partial charge in [-0.25, -0.2) is 8.93 Å². The molecule has 1 rings (SSSR count). The zero-order chi connectivity index (χ0) is 12.8. The summed E-state index contributed by atoms with van der Waals surface area (Å²) >= 11 is -0.168. The maximum atomic E-state index is 10.5. The van der Waals surface area contributed by atoms with Crippen LogP contribution >= 0.6 is 0 Å². The van der Waals surface area contributed by atoms with Gasteiger partial charge >= 0.3 is 0 Å². The summed E-state index contributed by atoms with van der Waals surface area (Å²) in [6, 6.07) is 5.17. The van der Waals surface area contributed by atoms with Gasteiger partial charge in [0.25, 0.3) is 0 Å². The van der Waals surface area contributed by atoms with Crippen molar-refractivity contribution in [2.75, 3.05) is 14.2 Å². The first kappa shape index (κ1) is 13.5. The minimum absolute atomic E-state index is 0.168. The molecule has 0 aliphatic rings.